The minimum atomic E-state index is -0.154. The monoisotopic (exact) mass is 351 g/mol. The van der Waals surface area contributed by atoms with E-state index in [9.17, 15) is 9.59 Å². The molecule has 1 saturated heterocycles. The molecule has 1 atom stereocenters. The van der Waals surface area contributed by atoms with Gasteiger partial charge >= 0.3 is 0 Å². The van der Waals surface area contributed by atoms with Crippen molar-refractivity contribution in [1.29, 1.82) is 0 Å². The SMILES string of the molecule is Cc1ccc(CC2CC(=O)N(CC34CC5CC(CC(C5)C3)C4)C2=O)cc1. The van der Waals surface area contributed by atoms with Crippen molar-refractivity contribution in [2.45, 2.75) is 58.3 Å². The molecule has 3 heteroatoms. The van der Waals surface area contributed by atoms with E-state index in [0.717, 1.165) is 17.8 Å². The van der Waals surface area contributed by atoms with Crippen LogP contribution in [-0.2, 0) is 16.0 Å². The van der Waals surface area contributed by atoms with Gasteiger partial charge in [-0.2, -0.15) is 0 Å². The molecule has 4 saturated carbocycles. The summed E-state index contributed by atoms with van der Waals surface area (Å²) in [5.41, 5.74) is 2.64. The van der Waals surface area contributed by atoms with Gasteiger partial charge in [-0.15, -0.1) is 0 Å². The second-order valence-corrected chi connectivity index (χ2v) is 9.83. The Bertz CT molecular complexity index is 700. The largest absolute Gasteiger partial charge is 0.282 e. The Labute approximate surface area is 156 Å². The van der Waals surface area contributed by atoms with Crippen LogP contribution >= 0.6 is 0 Å². The summed E-state index contributed by atoms with van der Waals surface area (Å²) in [5.74, 6) is 2.58. The van der Waals surface area contributed by atoms with Crippen molar-refractivity contribution in [3.63, 3.8) is 0 Å². The highest BCUT2D eigenvalue weighted by Gasteiger charge is 2.53. The van der Waals surface area contributed by atoms with E-state index < -0.39 is 0 Å². The van der Waals surface area contributed by atoms with Crippen LogP contribution < -0.4 is 0 Å². The second-order valence-electron chi connectivity index (χ2n) is 9.83. The second kappa shape index (κ2) is 5.94. The van der Waals surface area contributed by atoms with Gasteiger partial charge < -0.3 is 0 Å². The summed E-state index contributed by atoms with van der Waals surface area (Å²) >= 11 is 0. The summed E-state index contributed by atoms with van der Waals surface area (Å²) in [4.78, 5) is 27.3. The quantitative estimate of drug-likeness (QED) is 0.765. The number of aryl methyl sites for hydroxylation is 1. The Kier molecular flexibility index (Phi) is 3.77. The highest BCUT2D eigenvalue weighted by molar-refractivity contribution is 6.03. The van der Waals surface area contributed by atoms with Crippen molar-refractivity contribution >= 4 is 11.8 Å². The Morgan fingerprint density at radius 2 is 1.54 bits per heavy atom. The lowest BCUT2D eigenvalue weighted by atomic mass is 9.49. The number of carbonyl (C=O) groups is 2. The maximum absolute atomic E-state index is 13.0. The summed E-state index contributed by atoms with van der Waals surface area (Å²) in [6, 6.07) is 8.36. The Balaban J connectivity index is 1.30. The van der Waals surface area contributed by atoms with E-state index in [2.05, 4.69) is 31.2 Å². The molecule has 1 aliphatic heterocycles. The molecular weight excluding hydrogens is 322 g/mol. The molecule has 0 N–H and O–H groups in total. The summed E-state index contributed by atoms with van der Waals surface area (Å²) < 4.78 is 0. The van der Waals surface area contributed by atoms with Gasteiger partial charge in [-0.3, -0.25) is 14.5 Å². The van der Waals surface area contributed by atoms with Crippen LogP contribution in [0.4, 0.5) is 0 Å². The molecular formula is C23H29NO2. The number of hydrogen-bond acceptors (Lipinski definition) is 2. The molecule has 3 nitrogen and oxygen atoms in total. The third-order valence-electron chi connectivity index (χ3n) is 7.60. The maximum atomic E-state index is 13.0. The fourth-order valence-electron chi connectivity index (χ4n) is 6.90. The van der Waals surface area contributed by atoms with Crippen LogP contribution in [0.25, 0.3) is 0 Å². The van der Waals surface area contributed by atoms with Crippen molar-refractivity contribution in [1.82, 2.24) is 4.90 Å². The van der Waals surface area contributed by atoms with E-state index in [0.29, 0.717) is 19.4 Å². The first-order valence-corrected chi connectivity index (χ1v) is 10.4. The first kappa shape index (κ1) is 16.5. The number of rotatable bonds is 4. The van der Waals surface area contributed by atoms with Crippen LogP contribution in [0.1, 0.15) is 56.1 Å². The zero-order valence-corrected chi connectivity index (χ0v) is 15.7. The number of amides is 2. The fourth-order valence-corrected chi connectivity index (χ4v) is 6.90. The molecule has 0 aromatic heterocycles. The lowest BCUT2D eigenvalue weighted by molar-refractivity contribution is -0.145. The normalized spacial score (nSPS) is 38.4. The zero-order chi connectivity index (χ0) is 17.9. The van der Waals surface area contributed by atoms with Crippen LogP contribution in [0.3, 0.4) is 0 Å². The number of likely N-dealkylation sites (tertiary alicyclic amines) is 1. The molecule has 4 bridgehead atoms. The average Bonchev–Trinajstić information content (AvgIpc) is 2.83. The summed E-state index contributed by atoms with van der Waals surface area (Å²) in [6.07, 6.45) is 9.04. The molecule has 26 heavy (non-hydrogen) atoms. The molecule has 138 valence electrons. The van der Waals surface area contributed by atoms with Crippen molar-refractivity contribution in [2.75, 3.05) is 6.54 Å². The highest BCUT2D eigenvalue weighted by atomic mass is 16.2. The molecule has 6 rings (SSSR count). The van der Waals surface area contributed by atoms with E-state index in [1.54, 1.807) is 4.90 Å². The minimum absolute atomic E-state index is 0.0721. The van der Waals surface area contributed by atoms with Crippen molar-refractivity contribution in [3.8, 4) is 0 Å². The molecule has 2 amide bonds. The van der Waals surface area contributed by atoms with Gasteiger partial charge in [-0.1, -0.05) is 29.8 Å². The number of nitrogens with zero attached hydrogens (tertiary/aromatic N) is 1. The third-order valence-corrected chi connectivity index (χ3v) is 7.60. The number of carbonyl (C=O) groups excluding carboxylic acids is 2. The highest BCUT2D eigenvalue weighted by Crippen LogP contribution is 2.60. The predicted molar refractivity (Wildman–Crippen MR) is 100 cm³/mol. The van der Waals surface area contributed by atoms with Gasteiger partial charge in [-0.25, -0.2) is 0 Å². The van der Waals surface area contributed by atoms with Gasteiger partial charge in [0, 0.05) is 13.0 Å². The predicted octanol–water partition coefficient (Wildman–Crippen LogP) is 4.13. The van der Waals surface area contributed by atoms with Crippen molar-refractivity contribution in [3.05, 3.63) is 35.4 Å². The fraction of sp³-hybridized carbons (Fsp3) is 0.652. The maximum Gasteiger partial charge on any atom is 0.233 e. The van der Waals surface area contributed by atoms with Crippen LogP contribution in [0.15, 0.2) is 24.3 Å². The van der Waals surface area contributed by atoms with Crippen LogP contribution in [-0.4, -0.2) is 23.3 Å². The molecule has 5 aliphatic rings. The van der Waals surface area contributed by atoms with Crippen LogP contribution in [0.2, 0.25) is 0 Å². The minimum Gasteiger partial charge on any atom is -0.282 e. The molecule has 1 heterocycles. The zero-order valence-electron chi connectivity index (χ0n) is 15.7. The summed E-state index contributed by atoms with van der Waals surface area (Å²) in [5, 5.41) is 0. The number of hydrogen-bond donors (Lipinski definition) is 0. The molecule has 1 aromatic rings. The van der Waals surface area contributed by atoms with Crippen molar-refractivity contribution < 1.29 is 9.59 Å². The first-order valence-electron chi connectivity index (χ1n) is 10.4. The Morgan fingerprint density at radius 1 is 0.962 bits per heavy atom. The standard InChI is InChI=1S/C23H29NO2/c1-15-2-4-16(5-3-15)9-20-10-21(25)24(22(20)26)14-23-11-17-6-18(12-23)8-19(7-17)13-23/h2-5,17-20H,6-14H2,1H3. The molecule has 1 unspecified atom stereocenters. The third kappa shape index (κ3) is 2.80. The van der Waals surface area contributed by atoms with Gasteiger partial charge in [-0.05, 0) is 80.6 Å². The number of benzene rings is 1. The van der Waals surface area contributed by atoms with Crippen LogP contribution in [0.5, 0.6) is 0 Å². The van der Waals surface area contributed by atoms with E-state index in [1.165, 1.54) is 49.7 Å². The van der Waals surface area contributed by atoms with E-state index in [-0.39, 0.29) is 23.1 Å². The lowest BCUT2D eigenvalue weighted by Crippen LogP contribution is -2.52. The van der Waals surface area contributed by atoms with E-state index >= 15 is 0 Å². The molecule has 5 fully saturated rings. The molecule has 0 radical (unpaired) electrons. The Morgan fingerprint density at radius 3 is 2.12 bits per heavy atom. The summed E-state index contributed by atoms with van der Waals surface area (Å²) in [6.45, 7) is 2.78. The van der Waals surface area contributed by atoms with Gasteiger partial charge in [0.25, 0.3) is 0 Å². The van der Waals surface area contributed by atoms with Gasteiger partial charge in [0.1, 0.15) is 0 Å². The Hall–Kier alpha value is -1.64. The molecule has 4 aliphatic carbocycles. The first-order chi connectivity index (χ1) is 12.5. The number of imide groups is 1. The van der Waals surface area contributed by atoms with E-state index in [4.69, 9.17) is 0 Å². The van der Waals surface area contributed by atoms with Crippen molar-refractivity contribution in [2.24, 2.45) is 29.1 Å². The molecule has 1 aromatic carbocycles. The molecule has 0 spiro atoms. The van der Waals surface area contributed by atoms with E-state index in [1.807, 2.05) is 0 Å². The van der Waals surface area contributed by atoms with Crippen LogP contribution in [0, 0.1) is 36.0 Å². The topological polar surface area (TPSA) is 37.4 Å². The lowest BCUT2D eigenvalue weighted by Gasteiger charge is -2.57. The van der Waals surface area contributed by atoms with Gasteiger partial charge in [0.05, 0.1) is 5.92 Å². The summed E-state index contributed by atoms with van der Waals surface area (Å²) in [7, 11) is 0. The average molecular weight is 351 g/mol. The smallest absolute Gasteiger partial charge is 0.233 e. The van der Waals surface area contributed by atoms with Gasteiger partial charge in [0.15, 0.2) is 0 Å². The van der Waals surface area contributed by atoms with Gasteiger partial charge in [0.2, 0.25) is 11.8 Å².